The number of nitrogens with zero attached hydrogens (tertiary/aromatic N) is 2. The average molecular weight is 639 g/mol. The Kier molecular flexibility index (Phi) is 7.53. The molecule has 0 N–H and O–H groups in total. The maximum atomic E-state index is 2.39. The first kappa shape index (κ1) is 29.5. The molecule has 0 aliphatic carbocycles. The molecule has 9 rings (SSSR count). The van der Waals surface area contributed by atoms with Gasteiger partial charge in [-0.15, -0.1) is 0 Å². The fourth-order valence-electron chi connectivity index (χ4n) is 7.22. The molecule has 0 aliphatic rings. The van der Waals surface area contributed by atoms with Crippen LogP contribution in [0.4, 0.5) is 17.1 Å². The summed E-state index contributed by atoms with van der Waals surface area (Å²) in [7, 11) is 0. The van der Waals surface area contributed by atoms with Crippen LogP contribution in [-0.2, 0) is 0 Å². The molecule has 2 heteroatoms. The number of aromatic nitrogens is 1. The van der Waals surface area contributed by atoms with Crippen LogP contribution in [0.25, 0.3) is 60.9 Å². The van der Waals surface area contributed by atoms with Crippen LogP contribution in [0.5, 0.6) is 0 Å². The van der Waals surface area contributed by atoms with Crippen molar-refractivity contribution in [2.75, 3.05) is 4.90 Å². The average Bonchev–Trinajstić information content (AvgIpc) is 3.54. The lowest BCUT2D eigenvalue weighted by molar-refractivity contribution is 1.17. The van der Waals surface area contributed by atoms with Crippen molar-refractivity contribution in [3.8, 4) is 39.1 Å². The van der Waals surface area contributed by atoms with Gasteiger partial charge in [0.15, 0.2) is 0 Å². The van der Waals surface area contributed by atoms with Gasteiger partial charge in [0, 0.05) is 33.4 Å². The van der Waals surface area contributed by atoms with E-state index < -0.39 is 0 Å². The number of para-hydroxylation sites is 3. The van der Waals surface area contributed by atoms with Crippen molar-refractivity contribution in [1.29, 1.82) is 0 Å². The first-order valence-corrected chi connectivity index (χ1v) is 17.1. The van der Waals surface area contributed by atoms with E-state index >= 15 is 0 Å². The van der Waals surface area contributed by atoms with Crippen LogP contribution in [0.2, 0.25) is 0 Å². The zero-order chi connectivity index (χ0) is 33.3. The van der Waals surface area contributed by atoms with Crippen LogP contribution >= 0.6 is 0 Å². The van der Waals surface area contributed by atoms with Crippen LogP contribution < -0.4 is 4.90 Å². The highest BCUT2D eigenvalue weighted by molar-refractivity contribution is 6.09. The quantitative estimate of drug-likeness (QED) is 0.169. The summed E-state index contributed by atoms with van der Waals surface area (Å²) in [5, 5.41) is 2.51. The molecule has 0 atom stereocenters. The SMILES string of the molecule is c1ccc(-c2ccc(-c3ccc(N(c4cccc(-n5c6ccccc6c6ccccc65)c4)c4ccccc4-c4ccccc4)cc3)cc2)cc1. The number of fused-ring (bicyclic) bond motifs is 3. The normalized spacial score (nSPS) is 11.2. The van der Waals surface area contributed by atoms with E-state index in [0.29, 0.717) is 0 Å². The minimum atomic E-state index is 1.09. The third-order valence-electron chi connectivity index (χ3n) is 9.61. The van der Waals surface area contributed by atoms with Gasteiger partial charge in [-0.05, 0) is 76.3 Å². The summed E-state index contributed by atoms with van der Waals surface area (Å²) in [6, 6.07) is 74.0. The summed E-state index contributed by atoms with van der Waals surface area (Å²) in [5.74, 6) is 0. The fourth-order valence-corrected chi connectivity index (χ4v) is 7.22. The van der Waals surface area contributed by atoms with E-state index in [1.165, 1.54) is 55.2 Å². The second kappa shape index (κ2) is 12.8. The Hall–Kier alpha value is -6.64. The van der Waals surface area contributed by atoms with E-state index in [-0.39, 0.29) is 0 Å². The highest BCUT2D eigenvalue weighted by Gasteiger charge is 2.19. The molecule has 1 aromatic heterocycles. The first-order chi connectivity index (χ1) is 24.8. The third-order valence-corrected chi connectivity index (χ3v) is 9.61. The zero-order valence-corrected chi connectivity index (χ0v) is 27.5. The molecule has 1 heterocycles. The van der Waals surface area contributed by atoms with Gasteiger partial charge >= 0.3 is 0 Å². The van der Waals surface area contributed by atoms with Gasteiger partial charge in [0.25, 0.3) is 0 Å². The standard InChI is InChI=1S/C48H34N2/c1-3-14-35(15-4-1)36-26-28-37(29-27-36)38-30-32-40(33-31-38)49(46-23-10-7-20-43(46)39-16-5-2-6-17-39)41-18-13-19-42(34-41)50-47-24-11-8-21-44(47)45-22-9-12-25-48(45)50/h1-34H. The Bertz CT molecular complexity index is 2510. The molecule has 236 valence electrons. The van der Waals surface area contributed by atoms with Gasteiger partial charge in [0.2, 0.25) is 0 Å². The van der Waals surface area contributed by atoms with Gasteiger partial charge in [-0.2, -0.15) is 0 Å². The van der Waals surface area contributed by atoms with Crippen LogP contribution in [0.15, 0.2) is 206 Å². The minimum absolute atomic E-state index is 1.09. The molecule has 9 aromatic rings. The molecule has 0 spiro atoms. The van der Waals surface area contributed by atoms with Crippen molar-refractivity contribution in [1.82, 2.24) is 4.57 Å². The molecule has 0 saturated heterocycles. The Balaban J connectivity index is 1.17. The van der Waals surface area contributed by atoms with Crippen molar-refractivity contribution in [2.24, 2.45) is 0 Å². The molecule has 0 aliphatic heterocycles. The monoisotopic (exact) mass is 638 g/mol. The number of hydrogen-bond acceptors (Lipinski definition) is 1. The highest BCUT2D eigenvalue weighted by atomic mass is 15.1. The number of rotatable bonds is 7. The highest BCUT2D eigenvalue weighted by Crippen LogP contribution is 2.42. The molecule has 8 aromatic carbocycles. The van der Waals surface area contributed by atoms with Crippen LogP contribution in [0, 0.1) is 0 Å². The Morgan fingerprint density at radius 3 is 1.42 bits per heavy atom. The second-order valence-electron chi connectivity index (χ2n) is 12.6. The van der Waals surface area contributed by atoms with E-state index in [9.17, 15) is 0 Å². The van der Waals surface area contributed by atoms with Crippen LogP contribution in [0.3, 0.4) is 0 Å². The third kappa shape index (κ3) is 5.34. The molecule has 0 radical (unpaired) electrons. The lowest BCUT2D eigenvalue weighted by atomic mass is 9.99. The predicted molar refractivity (Wildman–Crippen MR) is 212 cm³/mol. The van der Waals surface area contributed by atoms with Crippen LogP contribution in [-0.4, -0.2) is 4.57 Å². The lowest BCUT2D eigenvalue weighted by Crippen LogP contribution is -2.11. The maximum Gasteiger partial charge on any atom is 0.0541 e. The molecule has 0 unspecified atom stereocenters. The van der Waals surface area contributed by atoms with Crippen molar-refractivity contribution in [3.05, 3.63) is 206 Å². The Labute approximate surface area is 292 Å². The van der Waals surface area contributed by atoms with Gasteiger partial charge in [0.1, 0.15) is 0 Å². The van der Waals surface area contributed by atoms with Gasteiger partial charge in [0.05, 0.1) is 16.7 Å². The minimum Gasteiger partial charge on any atom is -0.310 e. The summed E-state index contributed by atoms with van der Waals surface area (Å²) < 4.78 is 2.39. The molecule has 0 saturated carbocycles. The number of anilines is 3. The summed E-state index contributed by atoms with van der Waals surface area (Å²) in [6.07, 6.45) is 0. The van der Waals surface area contributed by atoms with Crippen molar-refractivity contribution in [2.45, 2.75) is 0 Å². The van der Waals surface area contributed by atoms with Gasteiger partial charge in [-0.3, -0.25) is 0 Å². The molecule has 2 nitrogen and oxygen atoms in total. The smallest absolute Gasteiger partial charge is 0.0541 e. The predicted octanol–water partition coefficient (Wildman–Crippen LogP) is 13.3. The maximum absolute atomic E-state index is 2.39. The number of hydrogen-bond donors (Lipinski definition) is 0. The van der Waals surface area contributed by atoms with Crippen molar-refractivity contribution in [3.63, 3.8) is 0 Å². The molecule has 50 heavy (non-hydrogen) atoms. The second-order valence-corrected chi connectivity index (χ2v) is 12.6. The van der Waals surface area contributed by atoms with E-state index in [0.717, 1.165) is 22.7 Å². The largest absolute Gasteiger partial charge is 0.310 e. The van der Waals surface area contributed by atoms with Gasteiger partial charge in [-0.1, -0.05) is 158 Å². The van der Waals surface area contributed by atoms with E-state index in [1.807, 2.05) is 0 Å². The lowest BCUT2D eigenvalue weighted by Gasteiger charge is -2.28. The Morgan fingerprint density at radius 1 is 0.320 bits per heavy atom. The summed E-state index contributed by atoms with van der Waals surface area (Å²) in [5.41, 5.74) is 14.0. The Morgan fingerprint density at radius 2 is 0.800 bits per heavy atom. The fraction of sp³-hybridized carbons (Fsp3) is 0. The summed E-state index contributed by atoms with van der Waals surface area (Å²) in [6.45, 7) is 0. The van der Waals surface area contributed by atoms with E-state index in [1.54, 1.807) is 0 Å². The number of benzene rings is 8. The topological polar surface area (TPSA) is 8.17 Å². The van der Waals surface area contributed by atoms with E-state index in [2.05, 4.69) is 216 Å². The van der Waals surface area contributed by atoms with Gasteiger partial charge in [-0.25, -0.2) is 0 Å². The molecule has 0 amide bonds. The summed E-state index contributed by atoms with van der Waals surface area (Å²) in [4.78, 5) is 2.39. The molecule has 0 bridgehead atoms. The van der Waals surface area contributed by atoms with Crippen molar-refractivity contribution < 1.29 is 0 Å². The van der Waals surface area contributed by atoms with Crippen LogP contribution in [0.1, 0.15) is 0 Å². The molecular weight excluding hydrogens is 605 g/mol. The molecular formula is C48H34N2. The molecule has 0 fully saturated rings. The van der Waals surface area contributed by atoms with E-state index in [4.69, 9.17) is 0 Å². The van der Waals surface area contributed by atoms with Gasteiger partial charge < -0.3 is 9.47 Å². The van der Waals surface area contributed by atoms with Crippen molar-refractivity contribution >= 4 is 38.9 Å². The zero-order valence-electron chi connectivity index (χ0n) is 27.5. The summed E-state index contributed by atoms with van der Waals surface area (Å²) >= 11 is 0. The first-order valence-electron chi connectivity index (χ1n) is 17.1.